The molecule has 1 aromatic heterocycles. The molecule has 2 heterocycles. The second kappa shape index (κ2) is 9.13. The lowest BCUT2D eigenvalue weighted by Crippen LogP contribution is -2.43. The monoisotopic (exact) mass is 435 g/mol. The first-order valence-electron chi connectivity index (χ1n) is 9.67. The number of nitrogens with one attached hydrogen (secondary N) is 1. The summed E-state index contributed by atoms with van der Waals surface area (Å²) in [7, 11) is 0. The highest BCUT2D eigenvalue weighted by Gasteiger charge is 2.30. The number of halogens is 1. The molecule has 0 spiro atoms. The van der Waals surface area contributed by atoms with Crippen molar-refractivity contribution in [3.63, 3.8) is 0 Å². The SMILES string of the molecule is CC(C)(C)OC(=O)N1CCC(C(=O)Nc2ncc(Cc3cccc(Cl)c3)s2)CC1. The van der Waals surface area contributed by atoms with Crippen LogP contribution in [0.15, 0.2) is 30.5 Å². The van der Waals surface area contributed by atoms with Crippen LogP contribution in [0.2, 0.25) is 5.02 Å². The normalized spacial score (nSPS) is 15.2. The fourth-order valence-corrected chi connectivity index (χ4v) is 4.22. The van der Waals surface area contributed by atoms with E-state index in [1.54, 1.807) is 11.1 Å². The zero-order valence-electron chi connectivity index (χ0n) is 16.9. The molecule has 0 aliphatic carbocycles. The van der Waals surface area contributed by atoms with Gasteiger partial charge >= 0.3 is 6.09 Å². The van der Waals surface area contributed by atoms with Crippen LogP contribution in [0.4, 0.5) is 9.93 Å². The Balaban J connectivity index is 1.49. The first kappa shape index (κ1) is 21.6. The quantitative estimate of drug-likeness (QED) is 0.735. The maximum atomic E-state index is 12.6. The molecule has 6 nitrogen and oxygen atoms in total. The number of ether oxygens (including phenoxy) is 1. The average molecular weight is 436 g/mol. The zero-order valence-corrected chi connectivity index (χ0v) is 18.5. The number of anilines is 1. The van der Waals surface area contributed by atoms with Gasteiger partial charge in [0.15, 0.2) is 5.13 Å². The highest BCUT2D eigenvalue weighted by atomic mass is 35.5. The van der Waals surface area contributed by atoms with Gasteiger partial charge < -0.3 is 15.0 Å². The van der Waals surface area contributed by atoms with Crippen LogP contribution in [0.1, 0.15) is 44.1 Å². The van der Waals surface area contributed by atoms with E-state index in [9.17, 15) is 9.59 Å². The van der Waals surface area contributed by atoms with Crippen LogP contribution in [-0.2, 0) is 16.0 Å². The Morgan fingerprint density at radius 3 is 2.69 bits per heavy atom. The van der Waals surface area contributed by atoms with E-state index < -0.39 is 5.60 Å². The van der Waals surface area contributed by atoms with E-state index >= 15 is 0 Å². The molecule has 1 N–H and O–H groups in total. The number of rotatable bonds is 4. The number of hydrogen-bond donors (Lipinski definition) is 1. The number of hydrogen-bond acceptors (Lipinski definition) is 5. The first-order valence-corrected chi connectivity index (χ1v) is 10.9. The Bertz CT molecular complexity index is 870. The molecule has 0 unspecified atom stereocenters. The van der Waals surface area contributed by atoms with Gasteiger partial charge in [-0.2, -0.15) is 0 Å². The van der Waals surface area contributed by atoms with Crippen molar-refractivity contribution in [3.8, 4) is 0 Å². The Hall–Kier alpha value is -2.12. The van der Waals surface area contributed by atoms with Crippen molar-refractivity contribution in [2.24, 2.45) is 5.92 Å². The van der Waals surface area contributed by atoms with Gasteiger partial charge in [-0.25, -0.2) is 9.78 Å². The van der Waals surface area contributed by atoms with Crippen molar-refractivity contribution in [1.29, 1.82) is 0 Å². The molecule has 2 aromatic rings. The molecule has 0 bridgehead atoms. The van der Waals surface area contributed by atoms with Crippen LogP contribution in [0.3, 0.4) is 0 Å². The number of benzene rings is 1. The predicted octanol–water partition coefficient (Wildman–Crippen LogP) is 4.97. The zero-order chi connectivity index (χ0) is 21.0. The number of nitrogens with zero attached hydrogens (tertiary/aromatic N) is 2. The predicted molar refractivity (Wildman–Crippen MR) is 116 cm³/mol. The summed E-state index contributed by atoms with van der Waals surface area (Å²) in [6.45, 7) is 6.58. The Morgan fingerprint density at radius 1 is 1.31 bits per heavy atom. The van der Waals surface area contributed by atoms with E-state index in [1.165, 1.54) is 11.3 Å². The molecule has 1 saturated heterocycles. The molecule has 1 fully saturated rings. The molecule has 1 aromatic carbocycles. The van der Waals surface area contributed by atoms with Gasteiger partial charge in [0.2, 0.25) is 5.91 Å². The fraction of sp³-hybridized carbons (Fsp3) is 0.476. The number of piperidine rings is 1. The van der Waals surface area contributed by atoms with Gasteiger partial charge in [-0.1, -0.05) is 23.7 Å². The number of likely N-dealkylation sites (tertiary alicyclic amines) is 1. The summed E-state index contributed by atoms with van der Waals surface area (Å²) < 4.78 is 5.40. The molecule has 0 radical (unpaired) electrons. The molecule has 0 atom stereocenters. The molecular weight excluding hydrogens is 410 g/mol. The molecular formula is C21H26ClN3O3S. The van der Waals surface area contributed by atoms with Crippen LogP contribution < -0.4 is 5.32 Å². The first-order chi connectivity index (χ1) is 13.7. The third-order valence-corrected chi connectivity index (χ3v) is 5.72. The largest absolute Gasteiger partial charge is 0.444 e. The molecule has 29 heavy (non-hydrogen) atoms. The van der Waals surface area contributed by atoms with E-state index in [4.69, 9.17) is 16.3 Å². The van der Waals surface area contributed by atoms with Gasteiger partial charge in [-0.15, -0.1) is 11.3 Å². The van der Waals surface area contributed by atoms with Gasteiger partial charge in [0.25, 0.3) is 0 Å². The molecule has 1 aliphatic rings. The van der Waals surface area contributed by atoms with E-state index in [2.05, 4.69) is 10.3 Å². The third kappa shape index (κ3) is 6.44. The van der Waals surface area contributed by atoms with Crippen LogP contribution in [0, 0.1) is 5.92 Å². The van der Waals surface area contributed by atoms with Gasteiger partial charge in [-0.3, -0.25) is 4.79 Å². The van der Waals surface area contributed by atoms with Crippen molar-refractivity contribution in [3.05, 3.63) is 45.9 Å². The maximum absolute atomic E-state index is 12.6. The second-order valence-electron chi connectivity index (χ2n) is 8.17. The highest BCUT2D eigenvalue weighted by molar-refractivity contribution is 7.15. The lowest BCUT2D eigenvalue weighted by atomic mass is 9.96. The van der Waals surface area contributed by atoms with E-state index in [0.717, 1.165) is 16.9 Å². The molecule has 8 heteroatoms. The van der Waals surface area contributed by atoms with Gasteiger partial charge in [0.05, 0.1) is 0 Å². The van der Waals surface area contributed by atoms with E-state index in [1.807, 2.05) is 45.0 Å². The van der Waals surface area contributed by atoms with Crippen LogP contribution >= 0.6 is 22.9 Å². The second-order valence-corrected chi connectivity index (χ2v) is 9.72. The maximum Gasteiger partial charge on any atom is 0.410 e. The van der Waals surface area contributed by atoms with Gasteiger partial charge in [0.1, 0.15) is 5.60 Å². The third-order valence-electron chi connectivity index (χ3n) is 4.57. The van der Waals surface area contributed by atoms with Crippen molar-refractivity contribution >= 4 is 40.1 Å². The van der Waals surface area contributed by atoms with Crippen LogP contribution in [-0.4, -0.2) is 40.6 Å². The minimum absolute atomic E-state index is 0.0440. The van der Waals surface area contributed by atoms with Crippen molar-refractivity contribution < 1.29 is 14.3 Å². The van der Waals surface area contributed by atoms with E-state index in [0.29, 0.717) is 36.1 Å². The summed E-state index contributed by atoms with van der Waals surface area (Å²) >= 11 is 7.50. The number of aromatic nitrogens is 1. The van der Waals surface area contributed by atoms with Crippen molar-refractivity contribution in [2.75, 3.05) is 18.4 Å². The van der Waals surface area contributed by atoms with E-state index in [-0.39, 0.29) is 17.9 Å². The Kier molecular flexibility index (Phi) is 6.80. The summed E-state index contributed by atoms with van der Waals surface area (Å²) in [5.41, 5.74) is 0.590. The molecule has 3 rings (SSSR count). The number of carbonyl (C=O) groups is 2. The molecule has 1 aliphatic heterocycles. The highest BCUT2D eigenvalue weighted by Crippen LogP contribution is 2.25. The summed E-state index contributed by atoms with van der Waals surface area (Å²) in [6, 6.07) is 7.71. The minimum Gasteiger partial charge on any atom is -0.444 e. The van der Waals surface area contributed by atoms with Crippen LogP contribution in [0.5, 0.6) is 0 Å². The van der Waals surface area contributed by atoms with Crippen molar-refractivity contribution in [1.82, 2.24) is 9.88 Å². The average Bonchev–Trinajstić information content (AvgIpc) is 3.07. The summed E-state index contributed by atoms with van der Waals surface area (Å²) in [5, 5.41) is 4.22. The van der Waals surface area contributed by atoms with Gasteiger partial charge in [-0.05, 0) is 51.3 Å². The minimum atomic E-state index is -0.515. The summed E-state index contributed by atoms with van der Waals surface area (Å²) in [4.78, 5) is 31.8. The standard InChI is InChI=1S/C21H26ClN3O3S/c1-21(2,3)28-20(27)25-9-7-15(8-10-25)18(26)24-19-23-13-17(29-19)12-14-5-4-6-16(22)11-14/h4-6,11,13,15H,7-10,12H2,1-3H3,(H,23,24,26). The summed E-state index contributed by atoms with van der Waals surface area (Å²) in [6.07, 6.45) is 3.42. The summed E-state index contributed by atoms with van der Waals surface area (Å²) in [5.74, 6) is -0.175. The molecule has 156 valence electrons. The number of carbonyl (C=O) groups excluding carboxylic acids is 2. The smallest absolute Gasteiger partial charge is 0.410 e. The lowest BCUT2D eigenvalue weighted by molar-refractivity contribution is -0.121. The molecule has 0 saturated carbocycles. The van der Waals surface area contributed by atoms with Crippen LogP contribution in [0.25, 0.3) is 0 Å². The Morgan fingerprint density at radius 2 is 2.03 bits per heavy atom. The number of thiazole rings is 1. The van der Waals surface area contributed by atoms with Crippen molar-refractivity contribution in [2.45, 2.75) is 45.6 Å². The fourth-order valence-electron chi connectivity index (χ4n) is 3.15. The molecule has 2 amide bonds. The lowest BCUT2D eigenvalue weighted by Gasteiger charge is -2.32. The topological polar surface area (TPSA) is 71.5 Å². The Labute approximate surface area is 180 Å². The van der Waals surface area contributed by atoms with Gasteiger partial charge in [0, 0.05) is 41.5 Å². The number of amides is 2.